The predicted molar refractivity (Wildman–Crippen MR) is 47.6 cm³/mol. The maximum atomic E-state index is 11.4. The maximum Gasteiger partial charge on any atom is 0.260 e. The van der Waals surface area contributed by atoms with Gasteiger partial charge < -0.3 is 10.3 Å². The number of amides is 1. The molecule has 1 heterocycles. The molecule has 14 heavy (non-hydrogen) atoms. The lowest BCUT2D eigenvalue weighted by Crippen LogP contribution is -2.33. The van der Waals surface area contributed by atoms with E-state index in [-0.39, 0.29) is 5.03 Å². The summed E-state index contributed by atoms with van der Waals surface area (Å²) in [4.78, 5) is 14.0. The van der Waals surface area contributed by atoms with E-state index in [1.165, 1.54) is 17.1 Å². The van der Waals surface area contributed by atoms with E-state index in [0.29, 0.717) is 0 Å². The monoisotopic (exact) mass is 218 g/mol. The van der Waals surface area contributed by atoms with Gasteiger partial charge in [-0.25, -0.2) is 18.1 Å². The van der Waals surface area contributed by atoms with Crippen molar-refractivity contribution in [3.63, 3.8) is 0 Å². The van der Waals surface area contributed by atoms with Crippen LogP contribution in [-0.4, -0.2) is 30.4 Å². The summed E-state index contributed by atoms with van der Waals surface area (Å²) in [6, 6.07) is 0. The van der Waals surface area contributed by atoms with Crippen LogP contribution in [0.25, 0.3) is 0 Å². The minimum absolute atomic E-state index is 0.138. The lowest BCUT2D eigenvalue weighted by molar-refractivity contribution is -0.116. The lowest BCUT2D eigenvalue weighted by atomic mass is 10.7. The Morgan fingerprint density at radius 3 is 2.79 bits per heavy atom. The summed E-state index contributed by atoms with van der Waals surface area (Å²) in [5, 5.41) is -0.138. The van der Waals surface area contributed by atoms with Crippen molar-refractivity contribution in [2.24, 2.45) is 12.8 Å². The quantitative estimate of drug-likeness (QED) is 0.620. The van der Waals surface area contributed by atoms with Crippen LogP contribution in [0.5, 0.6) is 0 Å². The Morgan fingerprint density at radius 2 is 2.36 bits per heavy atom. The maximum absolute atomic E-state index is 11.4. The third kappa shape index (κ3) is 2.54. The molecule has 1 rings (SSSR count). The third-order valence-corrected chi connectivity index (χ3v) is 2.68. The van der Waals surface area contributed by atoms with E-state index in [9.17, 15) is 13.2 Å². The van der Waals surface area contributed by atoms with E-state index >= 15 is 0 Å². The molecule has 0 bridgehead atoms. The third-order valence-electron chi connectivity index (χ3n) is 1.39. The molecule has 1 aromatic heterocycles. The highest BCUT2D eigenvalue weighted by molar-refractivity contribution is 7.89. The van der Waals surface area contributed by atoms with Crippen LogP contribution < -0.4 is 10.5 Å². The van der Waals surface area contributed by atoms with E-state index in [0.717, 1.165) is 0 Å². The molecule has 0 aromatic carbocycles. The summed E-state index contributed by atoms with van der Waals surface area (Å²) in [6.07, 6.45) is 2.67. The highest BCUT2D eigenvalue weighted by Crippen LogP contribution is 2.02. The van der Waals surface area contributed by atoms with E-state index in [2.05, 4.69) is 4.98 Å². The second-order valence-corrected chi connectivity index (χ2v) is 4.38. The summed E-state index contributed by atoms with van der Waals surface area (Å²) < 4.78 is 26.2. The number of hydrogen-bond donors (Lipinski definition) is 2. The second-order valence-electron chi connectivity index (χ2n) is 2.67. The number of sulfonamides is 1. The fourth-order valence-corrected chi connectivity index (χ4v) is 1.74. The summed E-state index contributed by atoms with van der Waals surface area (Å²) in [5.41, 5.74) is 4.79. The molecule has 1 aromatic rings. The van der Waals surface area contributed by atoms with Crippen molar-refractivity contribution in [3.05, 3.63) is 12.5 Å². The Hall–Kier alpha value is -1.41. The highest BCUT2D eigenvalue weighted by Gasteiger charge is 2.16. The van der Waals surface area contributed by atoms with Gasteiger partial charge in [0.2, 0.25) is 5.91 Å². The van der Waals surface area contributed by atoms with E-state index in [1.807, 2.05) is 4.72 Å². The molecule has 7 nitrogen and oxygen atoms in total. The summed E-state index contributed by atoms with van der Waals surface area (Å²) in [5.74, 6) is -0.746. The SMILES string of the molecule is Cn1cnc(S(=O)(=O)NCC(N)=O)c1. The van der Waals surface area contributed by atoms with Crippen LogP contribution in [-0.2, 0) is 21.9 Å². The Kier molecular flexibility index (Phi) is 2.87. The molecular formula is C6H10N4O3S. The first-order valence-electron chi connectivity index (χ1n) is 3.68. The largest absolute Gasteiger partial charge is 0.369 e. The average Bonchev–Trinajstić information content (AvgIpc) is 2.49. The number of imidazole rings is 1. The molecule has 0 saturated carbocycles. The Morgan fingerprint density at radius 1 is 1.71 bits per heavy atom. The molecule has 8 heteroatoms. The molecule has 0 atom stereocenters. The minimum Gasteiger partial charge on any atom is -0.369 e. The summed E-state index contributed by atoms with van der Waals surface area (Å²) in [7, 11) is -2.08. The van der Waals surface area contributed by atoms with Gasteiger partial charge in [0.05, 0.1) is 12.9 Å². The minimum atomic E-state index is -3.72. The fraction of sp³-hybridized carbons (Fsp3) is 0.333. The molecule has 1 amide bonds. The average molecular weight is 218 g/mol. The standard InChI is InChI=1S/C6H10N4O3S/c1-10-3-6(8-4-10)14(12,13)9-2-5(7)11/h3-4,9H,2H2,1H3,(H2,7,11). The van der Waals surface area contributed by atoms with Gasteiger partial charge in [0, 0.05) is 13.2 Å². The molecule has 0 fully saturated rings. The molecule has 0 radical (unpaired) electrons. The first kappa shape index (κ1) is 10.7. The normalized spacial score (nSPS) is 11.5. The number of primary amides is 1. The number of aromatic nitrogens is 2. The highest BCUT2D eigenvalue weighted by atomic mass is 32.2. The number of nitrogens with two attached hydrogens (primary N) is 1. The smallest absolute Gasteiger partial charge is 0.260 e. The van der Waals surface area contributed by atoms with Crippen LogP contribution in [0.15, 0.2) is 17.6 Å². The van der Waals surface area contributed by atoms with Crippen molar-refractivity contribution in [1.29, 1.82) is 0 Å². The lowest BCUT2D eigenvalue weighted by Gasteiger charge is -2.00. The predicted octanol–water partition coefficient (Wildman–Crippen LogP) is -1.82. The van der Waals surface area contributed by atoms with Crippen molar-refractivity contribution < 1.29 is 13.2 Å². The zero-order chi connectivity index (χ0) is 10.8. The molecule has 0 aliphatic rings. The Balaban J connectivity index is 2.81. The molecule has 0 unspecified atom stereocenters. The Labute approximate surface area is 81.0 Å². The van der Waals surface area contributed by atoms with Gasteiger partial charge in [0.25, 0.3) is 10.0 Å². The summed E-state index contributed by atoms with van der Waals surface area (Å²) >= 11 is 0. The van der Waals surface area contributed by atoms with Gasteiger partial charge in [-0.3, -0.25) is 4.79 Å². The van der Waals surface area contributed by atoms with E-state index < -0.39 is 22.5 Å². The number of nitrogens with zero attached hydrogens (tertiary/aromatic N) is 2. The number of hydrogen-bond acceptors (Lipinski definition) is 4. The number of aryl methyl sites for hydroxylation is 1. The van der Waals surface area contributed by atoms with Crippen LogP contribution in [0.1, 0.15) is 0 Å². The van der Waals surface area contributed by atoms with Crippen molar-refractivity contribution in [2.45, 2.75) is 5.03 Å². The van der Waals surface area contributed by atoms with Gasteiger partial charge in [-0.2, -0.15) is 0 Å². The van der Waals surface area contributed by atoms with Crippen molar-refractivity contribution in [3.8, 4) is 0 Å². The number of rotatable bonds is 4. The van der Waals surface area contributed by atoms with Crippen molar-refractivity contribution in [2.75, 3.05) is 6.54 Å². The Bertz CT molecular complexity index is 436. The first-order chi connectivity index (χ1) is 6.42. The second kappa shape index (κ2) is 3.76. The van der Waals surface area contributed by atoms with Gasteiger partial charge in [0.1, 0.15) is 0 Å². The molecule has 3 N–H and O–H groups in total. The van der Waals surface area contributed by atoms with Crippen LogP contribution in [0.3, 0.4) is 0 Å². The summed E-state index contributed by atoms with van der Waals surface area (Å²) in [6.45, 7) is -0.432. The molecule has 78 valence electrons. The van der Waals surface area contributed by atoms with Gasteiger partial charge in [-0.15, -0.1) is 0 Å². The van der Waals surface area contributed by atoms with Gasteiger partial charge in [0.15, 0.2) is 5.03 Å². The van der Waals surface area contributed by atoms with Crippen LogP contribution in [0.2, 0.25) is 0 Å². The van der Waals surface area contributed by atoms with Gasteiger partial charge in [-0.1, -0.05) is 0 Å². The van der Waals surface area contributed by atoms with E-state index in [4.69, 9.17) is 5.73 Å². The zero-order valence-electron chi connectivity index (χ0n) is 7.47. The number of carbonyl (C=O) groups excluding carboxylic acids is 1. The van der Waals surface area contributed by atoms with Crippen molar-refractivity contribution in [1.82, 2.24) is 14.3 Å². The van der Waals surface area contributed by atoms with E-state index in [1.54, 1.807) is 7.05 Å². The zero-order valence-corrected chi connectivity index (χ0v) is 8.28. The van der Waals surface area contributed by atoms with Gasteiger partial charge >= 0.3 is 0 Å². The van der Waals surface area contributed by atoms with Crippen molar-refractivity contribution >= 4 is 15.9 Å². The molecule has 0 aliphatic carbocycles. The molecule has 0 spiro atoms. The molecule has 0 saturated heterocycles. The number of carbonyl (C=O) groups is 1. The topological polar surface area (TPSA) is 107 Å². The van der Waals surface area contributed by atoms with Gasteiger partial charge in [-0.05, 0) is 0 Å². The first-order valence-corrected chi connectivity index (χ1v) is 5.16. The van der Waals surface area contributed by atoms with Crippen LogP contribution in [0.4, 0.5) is 0 Å². The molecular weight excluding hydrogens is 208 g/mol. The van der Waals surface area contributed by atoms with Crippen LogP contribution >= 0.6 is 0 Å². The number of nitrogens with one attached hydrogen (secondary N) is 1. The molecule has 0 aliphatic heterocycles. The van der Waals surface area contributed by atoms with Crippen LogP contribution in [0, 0.1) is 0 Å². The fourth-order valence-electron chi connectivity index (χ4n) is 0.768.